The first kappa shape index (κ1) is 23.0. The molecule has 0 unspecified atom stereocenters. The minimum absolute atomic E-state index is 0.148. The van der Waals surface area contributed by atoms with Crippen LogP contribution in [0.1, 0.15) is 52.5 Å². The van der Waals surface area contributed by atoms with Gasteiger partial charge in [-0.15, -0.1) is 0 Å². The molecule has 0 bridgehead atoms. The van der Waals surface area contributed by atoms with E-state index in [1.807, 2.05) is 0 Å². The van der Waals surface area contributed by atoms with Crippen molar-refractivity contribution in [1.29, 1.82) is 0 Å². The zero-order chi connectivity index (χ0) is 21.0. The van der Waals surface area contributed by atoms with Gasteiger partial charge in [-0.25, -0.2) is 4.98 Å². The molecule has 0 atom stereocenters. The molecule has 157 valence electrons. The molecule has 2 heterocycles. The lowest BCUT2D eigenvalue weighted by Gasteiger charge is -2.37. The molecule has 0 spiro atoms. The molecule has 9 heteroatoms. The monoisotopic (exact) mass is 401 g/mol. The van der Waals surface area contributed by atoms with Gasteiger partial charge in [-0.2, -0.15) is 13.2 Å². The fourth-order valence-corrected chi connectivity index (χ4v) is 2.70. The minimum Gasteiger partial charge on any atom is -0.477 e. The minimum atomic E-state index is -4.59. The molecule has 0 aliphatic carbocycles. The maximum atomic E-state index is 13.5. The van der Waals surface area contributed by atoms with Gasteiger partial charge in [-0.05, 0) is 77.5 Å². The van der Waals surface area contributed by atoms with Gasteiger partial charge in [0.1, 0.15) is 5.56 Å². The van der Waals surface area contributed by atoms with Crippen LogP contribution in [0.25, 0.3) is 0 Å². The number of hydrogen-bond donors (Lipinski definition) is 2. The third-order valence-electron chi connectivity index (χ3n) is 5.36. The molecule has 2 N–H and O–H groups in total. The van der Waals surface area contributed by atoms with Crippen LogP contribution in [-0.2, 0) is 10.8 Å². The Hall–Kier alpha value is -1.32. The van der Waals surface area contributed by atoms with Crippen LogP contribution in [0.5, 0.6) is 5.88 Å². The summed E-state index contributed by atoms with van der Waals surface area (Å²) in [4.78, 5) is 3.86. The number of aliphatic hydroxyl groups is 1. The Kier molecular flexibility index (Phi) is 7.39. The quantitative estimate of drug-likeness (QED) is 0.656. The highest BCUT2D eigenvalue weighted by molar-refractivity contribution is 6.47. The van der Waals surface area contributed by atoms with Gasteiger partial charge in [-0.1, -0.05) is 0 Å². The first-order valence-corrected chi connectivity index (χ1v) is 9.54. The first-order valence-electron chi connectivity index (χ1n) is 9.54. The van der Waals surface area contributed by atoms with Crippen LogP contribution in [-0.4, -0.2) is 48.5 Å². The summed E-state index contributed by atoms with van der Waals surface area (Å²) in [5.41, 5.74) is -2.96. The molecule has 1 radical (unpaired) electrons. The predicted molar refractivity (Wildman–Crippen MR) is 102 cm³/mol. The van der Waals surface area contributed by atoms with Crippen LogP contribution in [0.3, 0.4) is 0 Å². The highest BCUT2D eigenvalue weighted by Gasteiger charge is 2.38. The topological polar surface area (TPSA) is 63.6 Å². The Labute approximate surface area is 165 Å². The number of halogens is 3. The fourth-order valence-electron chi connectivity index (χ4n) is 2.70. The number of pyridine rings is 1. The molecule has 1 saturated heterocycles. The molecule has 0 amide bonds. The average Bonchev–Trinajstić information content (AvgIpc) is 2.60. The molecule has 28 heavy (non-hydrogen) atoms. The van der Waals surface area contributed by atoms with Crippen molar-refractivity contribution in [2.45, 2.75) is 64.3 Å². The largest absolute Gasteiger partial charge is 0.477 e. The van der Waals surface area contributed by atoms with E-state index >= 15 is 0 Å². The number of nitrogens with one attached hydrogen (secondary N) is 1. The summed E-state index contributed by atoms with van der Waals surface area (Å²) in [6, 6.07) is 0.952. The Balaban J connectivity index is 2.04. The molecule has 1 fully saturated rings. The smallest absolute Gasteiger partial charge is 0.421 e. The summed E-state index contributed by atoms with van der Waals surface area (Å²) in [5.74, 6) is 0.0426. The van der Waals surface area contributed by atoms with Gasteiger partial charge < -0.3 is 19.8 Å². The summed E-state index contributed by atoms with van der Waals surface area (Å²) in [5, 5.41) is 13.3. The first-order chi connectivity index (χ1) is 12.9. The van der Waals surface area contributed by atoms with Crippen LogP contribution in [0.4, 0.5) is 13.2 Å². The van der Waals surface area contributed by atoms with Crippen molar-refractivity contribution >= 4 is 12.9 Å². The Morgan fingerprint density at radius 2 is 1.86 bits per heavy atom. The zero-order valence-electron chi connectivity index (χ0n) is 16.9. The Morgan fingerprint density at radius 1 is 1.21 bits per heavy atom. The SMILES string of the molecule is CC(C)(O)C(C)(C)O[B]c1cnc(OCCC2CCNCC2)c(C(F)(F)F)c1. The van der Waals surface area contributed by atoms with Crippen molar-refractivity contribution in [3.8, 4) is 5.88 Å². The number of rotatable bonds is 8. The molecular weight excluding hydrogens is 372 g/mol. The summed E-state index contributed by atoms with van der Waals surface area (Å²) in [6.07, 6.45) is -0.601. The van der Waals surface area contributed by atoms with E-state index < -0.39 is 28.8 Å². The highest BCUT2D eigenvalue weighted by Crippen LogP contribution is 2.34. The van der Waals surface area contributed by atoms with Crippen LogP contribution in [0.15, 0.2) is 12.3 Å². The molecule has 1 aliphatic rings. The normalized spacial score (nSPS) is 16.9. The van der Waals surface area contributed by atoms with Crippen LogP contribution in [0, 0.1) is 5.92 Å². The lowest BCUT2D eigenvalue weighted by Crippen LogP contribution is -2.49. The standard InChI is InChI=1S/C19H29BF3N2O3/c1-17(2,26)18(3,4)28-20-14-11-15(19(21,22)23)16(25-12-14)27-10-7-13-5-8-24-9-6-13/h11-13,24,26H,5-10H2,1-4H3. The van der Waals surface area contributed by atoms with E-state index in [-0.39, 0.29) is 12.1 Å². The summed E-state index contributed by atoms with van der Waals surface area (Å²) >= 11 is 0. The van der Waals surface area contributed by atoms with Crippen molar-refractivity contribution in [2.75, 3.05) is 19.7 Å². The molecule has 2 rings (SSSR count). The van der Waals surface area contributed by atoms with Gasteiger partial charge >= 0.3 is 13.7 Å². The van der Waals surface area contributed by atoms with E-state index in [2.05, 4.69) is 10.3 Å². The van der Waals surface area contributed by atoms with E-state index in [1.165, 1.54) is 13.7 Å². The van der Waals surface area contributed by atoms with Gasteiger partial charge in [0.05, 0.1) is 17.8 Å². The van der Waals surface area contributed by atoms with E-state index in [0.717, 1.165) is 32.0 Å². The van der Waals surface area contributed by atoms with Gasteiger partial charge in [-0.3, -0.25) is 0 Å². The van der Waals surface area contributed by atoms with Crippen LogP contribution < -0.4 is 15.5 Å². The molecule has 5 nitrogen and oxygen atoms in total. The third kappa shape index (κ3) is 6.35. The van der Waals surface area contributed by atoms with Crippen molar-refractivity contribution < 1.29 is 27.7 Å². The number of hydrogen-bond acceptors (Lipinski definition) is 5. The number of alkyl halides is 3. The highest BCUT2D eigenvalue weighted by atomic mass is 19.4. The van der Waals surface area contributed by atoms with E-state index in [0.29, 0.717) is 12.3 Å². The fraction of sp³-hybridized carbons (Fsp3) is 0.737. The molecule has 0 saturated carbocycles. The summed E-state index contributed by atoms with van der Waals surface area (Å²) < 4.78 is 51.2. The van der Waals surface area contributed by atoms with Crippen LogP contribution >= 0.6 is 0 Å². The van der Waals surface area contributed by atoms with Crippen molar-refractivity contribution in [2.24, 2.45) is 5.92 Å². The van der Waals surface area contributed by atoms with Crippen molar-refractivity contribution in [3.63, 3.8) is 0 Å². The van der Waals surface area contributed by atoms with Gasteiger partial charge in [0.15, 0.2) is 0 Å². The van der Waals surface area contributed by atoms with Crippen molar-refractivity contribution in [1.82, 2.24) is 10.3 Å². The molecular formula is C19H29BF3N2O3. The summed E-state index contributed by atoms with van der Waals surface area (Å²) in [6.45, 7) is 8.51. The van der Waals surface area contributed by atoms with E-state index in [4.69, 9.17) is 9.39 Å². The van der Waals surface area contributed by atoms with E-state index in [1.54, 1.807) is 27.7 Å². The number of ether oxygens (including phenoxy) is 1. The molecule has 1 aromatic heterocycles. The maximum Gasteiger partial charge on any atom is 0.421 e. The molecule has 1 aromatic rings. The Bertz CT molecular complexity index is 642. The lowest BCUT2D eigenvalue weighted by atomic mass is 9.83. The average molecular weight is 401 g/mol. The third-order valence-corrected chi connectivity index (χ3v) is 5.36. The second-order valence-electron chi connectivity index (χ2n) is 8.25. The number of aromatic nitrogens is 1. The maximum absolute atomic E-state index is 13.5. The second-order valence-corrected chi connectivity index (χ2v) is 8.25. The van der Waals surface area contributed by atoms with Gasteiger partial charge in [0.25, 0.3) is 0 Å². The Morgan fingerprint density at radius 3 is 2.43 bits per heavy atom. The molecule has 1 aliphatic heterocycles. The van der Waals surface area contributed by atoms with Gasteiger partial charge in [0, 0.05) is 6.20 Å². The van der Waals surface area contributed by atoms with Crippen molar-refractivity contribution in [3.05, 3.63) is 17.8 Å². The van der Waals surface area contributed by atoms with Gasteiger partial charge in [0.2, 0.25) is 5.88 Å². The van der Waals surface area contributed by atoms with Crippen LogP contribution in [0.2, 0.25) is 0 Å². The second kappa shape index (κ2) is 9.01. The van der Waals surface area contributed by atoms with E-state index in [9.17, 15) is 18.3 Å². The zero-order valence-corrected chi connectivity index (χ0v) is 16.9. The molecule has 0 aromatic carbocycles. The summed E-state index contributed by atoms with van der Waals surface area (Å²) in [7, 11) is 1.18. The number of nitrogens with zero attached hydrogens (tertiary/aromatic N) is 1. The predicted octanol–water partition coefficient (Wildman–Crippen LogP) is 2.68. The lowest BCUT2D eigenvalue weighted by molar-refractivity contribution is -0.139. The number of piperidine rings is 1.